The Morgan fingerprint density at radius 2 is 1.68 bits per heavy atom. The van der Waals surface area contributed by atoms with Crippen LogP contribution in [0.4, 0.5) is 5.69 Å². The number of amides is 1. The molecule has 0 radical (unpaired) electrons. The maximum Gasteiger partial charge on any atom is 0.266 e. The summed E-state index contributed by atoms with van der Waals surface area (Å²) in [4.78, 5) is 12.6. The molecule has 168 valence electrons. The first kappa shape index (κ1) is 23.7. The summed E-state index contributed by atoms with van der Waals surface area (Å²) in [7, 11) is 0. The zero-order valence-corrected chi connectivity index (χ0v) is 21.5. The summed E-state index contributed by atoms with van der Waals surface area (Å²) >= 11 is 7.13. The van der Waals surface area contributed by atoms with Crippen LogP contribution in [0.15, 0.2) is 93.4 Å². The van der Waals surface area contributed by atoms with E-state index in [1.54, 1.807) is 18.2 Å². The van der Waals surface area contributed by atoms with Crippen LogP contribution >= 0.6 is 31.9 Å². The topological polar surface area (TPSA) is 62.1 Å². The molecule has 0 aliphatic carbocycles. The Kier molecular flexibility index (Phi) is 7.46. The number of ether oxygens (including phenoxy) is 1. The van der Waals surface area contributed by atoms with Gasteiger partial charge in [0.1, 0.15) is 24.0 Å². The first-order chi connectivity index (χ1) is 16.4. The molecule has 0 aromatic heterocycles. The number of halogens is 2. The van der Waals surface area contributed by atoms with E-state index in [0.29, 0.717) is 32.6 Å². The van der Waals surface area contributed by atoms with Gasteiger partial charge in [-0.05, 0) is 91.0 Å². The molecule has 0 fully saturated rings. The van der Waals surface area contributed by atoms with Crippen LogP contribution in [0.3, 0.4) is 0 Å². The lowest BCUT2D eigenvalue weighted by molar-refractivity contribution is -0.112. The highest BCUT2D eigenvalue weighted by Gasteiger charge is 2.13. The number of carbonyl (C=O) groups excluding carboxylic acids is 1. The third-order valence-corrected chi connectivity index (χ3v) is 6.44. The molecule has 4 aromatic carbocycles. The molecule has 6 heteroatoms. The molecule has 1 N–H and O–H groups in total. The lowest BCUT2D eigenvalue weighted by Crippen LogP contribution is -2.13. The van der Waals surface area contributed by atoms with Crippen molar-refractivity contribution in [2.45, 2.75) is 13.5 Å². The van der Waals surface area contributed by atoms with Gasteiger partial charge in [0.15, 0.2) is 0 Å². The molecule has 0 heterocycles. The lowest BCUT2D eigenvalue weighted by Gasteiger charge is -2.13. The van der Waals surface area contributed by atoms with E-state index in [1.807, 2.05) is 61.5 Å². The number of benzene rings is 4. The summed E-state index contributed by atoms with van der Waals surface area (Å²) in [6.45, 7) is 2.37. The fourth-order valence-corrected chi connectivity index (χ4v) is 4.97. The molecule has 0 saturated carbocycles. The van der Waals surface area contributed by atoms with Crippen molar-refractivity contribution in [3.63, 3.8) is 0 Å². The SMILES string of the molecule is Cc1ccc(NC(=O)/C(C#N)=C\c2cc(Br)c(OCc3cccc4ccccc34)c(Br)c2)cc1. The summed E-state index contributed by atoms with van der Waals surface area (Å²) < 4.78 is 7.55. The third kappa shape index (κ3) is 5.56. The van der Waals surface area contributed by atoms with Crippen molar-refractivity contribution in [1.82, 2.24) is 0 Å². The van der Waals surface area contributed by atoms with Crippen LogP contribution in [0.5, 0.6) is 5.75 Å². The third-order valence-electron chi connectivity index (χ3n) is 5.26. The summed E-state index contributed by atoms with van der Waals surface area (Å²) in [6, 6.07) is 27.4. The van der Waals surface area contributed by atoms with Crippen molar-refractivity contribution in [2.75, 3.05) is 5.32 Å². The molecular formula is C28H20Br2N2O2. The highest BCUT2D eigenvalue weighted by Crippen LogP contribution is 2.36. The summed E-state index contributed by atoms with van der Waals surface area (Å²) in [5, 5.41) is 14.6. The maximum atomic E-state index is 12.6. The summed E-state index contributed by atoms with van der Waals surface area (Å²) in [6.07, 6.45) is 1.55. The standard InChI is InChI=1S/C28H20Br2N2O2/c1-18-9-11-23(12-10-18)32-28(33)22(16-31)13-19-14-25(29)27(26(30)15-19)34-17-21-7-4-6-20-5-2-3-8-24(20)21/h2-15H,17H2,1H3,(H,32,33)/b22-13-. The van der Waals surface area contributed by atoms with Crippen LogP contribution in [0.2, 0.25) is 0 Å². The van der Waals surface area contributed by atoms with Gasteiger partial charge < -0.3 is 10.1 Å². The predicted molar refractivity (Wildman–Crippen MR) is 144 cm³/mol. The Morgan fingerprint density at radius 3 is 2.38 bits per heavy atom. The number of hydrogen-bond acceptors (Lipinski definition) is 3. The van der Waals surface area contributed by atoms with Gasteiger partial charge >= 0.3 is 0 Å². The quantitative estimate of drug-likeness (QED) is 0.188. The van der Waals surface area contributed by atoms with Crippen molar-refractivity contribution in [1.29, 1.82) is 5.26 Å². The minimum absolute atomic E-state index is 0.00352. The molecule has 0 unspecified atom stereocenters. The van der Waals surface area contributed by atoms with E-state index >= 15 is 0 Å². The second-order valence-electron chi connectivity index (χ2n) is 7.73. The van der Waals surface area contributed by atoms with Gasteiger partial charge in [-0.15, -0.1) is 0 Å². The molecule has 0 aliphatic heterocycles. The average molecular weight is 576 g/mol. The monoisotopic (exact) mass is 574 g/mol. The highest BCUT2D eigenvalue weighted by molar-refractivity contribution is 9.11. The van der Waals surface area contributed by atoms with Crippen molar-refractivity contribution in [3.05, 3.63) is 110 Å². The fourth-order valence-electron chi connectivity index (χ4n) is 3.52. The predicted octanol–water partition coefficient (Wildman–Crippen LogP) is 7.80. The van der Waals surface area contributed by atoms with E-state index in [1.165, 1.54) is 0 Å². The normalized spacial score (nSPS) is 11.2. The molecule has 0 atom stereocenters. The number of anilines is 1. The Bertz CT molecular complexity index is 1410. The molecule has 34 heavy (non-hydrogen) atoms. The zero-order valence-electron chi connectivity index (χ0n) is 18.3. The fraction of sp³-hybridized carbons (Fsp3) is 0.0714. The number of aryl methyl sites for hydroxylation is 1. The number of fused-ring (bicyclic) bond motifs is 1. The van der Waals surface area contributed by atoms with Crippen LogP contribution in [0, 0.1) is 18.3 Å². The molecule has 0 spiro atoms. The van der Waals surface area contributed by atoms with E-state index < -0.39 is 5.91 Å². The van der Waals surface area contributed by atoms with Crippen molar-refractivity contribution < 1.29 is 9.53 Å². The summed E-state index contributed by atoms with van der Waals surface area (Å²) in [5.74, 6) is 0.183. The largest absolute Gasteiger partial charge is 0.487 e. The van der Waals surface area contributed by atoms with Crippen LogP contribution in [0.1, 0.15) is 16.7 Å². The smallest absolute Gasteiger partial charge is 0.266 e. The van der Waals surface area contributed by atoms with Gasteiger partial charge in [0, 0.05) is 5.69 Å². The number of carbonyl (C=O) groups is 1. The van der Waals surface area contributed by atoms with Gasteiger partial charge in [0.05, 0.1) is 8.95 Å². The van der Waals surface area contributed by atoms with Crippen LogP contribution < -0.4 is 10.1 Å². The minimum Gasteiger partial charge on any atom is -0.487 e. The second-order valence-corrected chi connectivity index (χ2v) is 9.44. The molecule has 0 aliphatic rings. The Labute approximate surface area is 215 Å². The second kappa shape index (κ2) is 10.7. The molecule has 4 nitrogen and oxygen atoms in total. The number of hydrogen-bond donors (Lipinski definition) is 1. The van der Waals surface area contributed by atoms with Crippen LogP contribution in [-0.2, 0) is 11.4 Å². The first-order valence-electron chi connectivity index (χ1n) is 10.5. The van der Waals surface area contributed by atoms with E-state index in [-0.39, 0.29) is 5.57 Å². The molecule has 4 rings (SSSR count). The Morgan fingerprint density at radius 1 is 1.00 bits per heavy atom. The van der Waals surface area contributed by atoms with Crippen molar-refractivity contribution in [3.8, 4) is 11.8 Å². The lowest BCUT2D eigenvalue weighted by atomic mass is 10.1. The van der Waals surface area contributed by atoms with Crippen LogP contribution in [-0.4, -0.2) is 5.91 Å². The number of rotatable bonds is 6. The van der Waals surface area contributed by atoms with Crippen molar-refractivity contribution in [2.24, 2.45) is 0 Å². The highest BCUT2D eigenvalue weighted by atomic mass is 79.9. The van der Waals surface area contributed by atoms with Gasteiger partial charge in [-0.1, -0.05) is 60.2 Å². The van der Waals surface area contributed by atoms with Gasteiger partial charge in [0.25, 0.3) is 5.91 Å². The summed E-state index contributed by atoms with van der Waals surface area (Å²) in [5.41, 5.74) is 3.50. The van der Waals surface area contributed by atoms with E-state index in [9.17, 15) is 10.1 Å². The van der Waals surface area contributed by atoms with E-state index in [0.717, 1.165) is 21.9 Å². The number of nitrogens with one attached hydrogen (secondary N) is 1. The number of nitrogens with zero attached hydrogens (tertiary/aromatic N) is 1. The molecule has 4 aromatic rings. The van der Waals surface area contributed by atoms with Gasteiger partial charge in [-0.2, -0.15) is 5.26 Å². The average Bonchev–Trinajstić information content (AvgIpc) is 2.83. The molecule has 0 bridgehead atoms. The maximum absolute atomic E-state index is 12.6. The Hall–Kier alpha value is -3.40. The zero-order chi connectivity index (χ0) is 24.1. The van der Waals surface area contributed by atoms with Gasteiger partial charge in [0.2, 0.25) is 0 Å². The van der Waals surface area contributed by atoms with Crippen molar-refractivity contribution >= 4 is 60.3 Å². The van der Waals surface area contributed by atoms with E-state index in [4.69, 9.17) is 4.74 Å². The van der Waals surface area contributed by atoms with Crippen LogP contribution in [0.25, 0.3) is 16.8 Å². The molecular weight excluding hydrogens is 556 g/mol. The Balaban J connectivity index is 1.53. The number of nitriles is 1. The van der Waals surface area contributed by atoms with E-state index in [2.05, 4.69) is 55.4 Å². The van der Waals surface area contributed by atoms with Gasteiger partial charge in [-0.3, -0.25) is 4.79 Å². The molecule has 0 saturated heterocycles. The minimum atomic E-state index is -0.463. The molecule has 1 amide bonds. The first-order valence-corrected chi connectivity index (χ1v) is 12.1. The van der Waals surface area contributed by atoms with Gasteiger partial charge in [-0.25, -0.2) is 0 Å².